The molecule has 0 aliphatic carbocycles. The largest absolute Gasteiger partial charge is 0.396 e. The van der Waals surface area contributed by atoms with Gasteiger partial charge in [-0.1, -0.05) is 17.7 Å². The minimum absolute atomic E-state index is 0.535. The van der Waals surface area contributed by atoms with Gasteiger partial charge in [-0.25, -0.2) is 0 Å². The quantitative estimate of drug-likeness (QED) is 0.778. The van der Waals surface area contributed by atoms with Crippen LogP contribution < -0.4 is 11.1 Å². The minimum Gasteiger partial charge on any atom is -0.396 e. The fourth-order valence-electron chi connectivity index (χ4n) is 1.02. The van der Waals surface area contributed by atoms with Crippen LogP contribution >= 0.6 is 11.6 Å². The van der Waals surface area contributed by atoms with Gasteiger partial charge in [0.1, 0.15) is 0 Å². The standard InChI is InChI=1S/C9H13ClN2OS/c1-14(13)6-5-12-8-4-2-3-7(10)9(8)11/h2-4,12H,5-6,11H2,1H3. The van der Waals surface area contributed by atoms with E-state index in [4.69, 9.17) is 17.3 Å². The Morgan fingerprint density at radius 2 is 2.29 bits per heavy atom. The number of benzene rings is 1. The molecule has 0 amide bonds. The summed E-state index contributed by atoms with van der Waals surface area (Å²) < 4.78 is 10.8. The summed E-state index contributed by atoms with van der Waals surface area (Å²) >= 11 is 5.83. The highest BCUT2D eigenvalue weighted by molar-refractivity contribution is 7.84. The summed E-state index contributed by atoms with van der Waals surface area (Å²) in [6.45, 7) is 0.633. The molecule has 0 spiro atoms. The summed E-state index contributed by atoms with van der Waals surface area (Å²) in [6.07, 6.45) is 1.67. The molecule has 3 N–H and O–H groups in total. The van der Waals surface area contributed by atoms with Crippen LogP contribution in [0.4, 0.5) is 11.4 Å². The number of halogens is 1. The van der Waals surface area contributed by atoms with Crippen LogP contribution in [0, 0.1) is 0 Å². The van der Waals surface area contributed by atoms with Crippen molar-refractivity contribution in [3.63, 3.8) is 0 Å². The van der Waals surface area contributed by atoms with Crippen molar-refractivity contribution in [2.24, 2.45) is 0 Å². The topological polar surface area (TPSA) is 55.1 Å². The van der Waals surface area contributed by atoms with Crippen molar-refractivity contribution < 1.29 is 4.21 Å². The molecular formula is C9H13ClN2OS. The van der Waals surface area contributed by atoms with Crippen LogP contribution in [0.1, 0.15) is 0 Å². The minimum atomic E-state index is -0.787. The van der Waals surface area contributed by atoms with Crippen molar-refractivity contribution in [3.8, 4) is 0 Å². The Balaban J connectivity index is 2.59. The second-order valence-corrected chi connectivity index (χ2v) is 4.87. The third-order valence-corrected chi connectivity index (χ3v) is 2.87. The van der Waals surface area contributed by atoms with E-state index in [1.165, 1.54) is 0 Å². The van der Waals surface area contributed by atoms with Gasteiger partial charge in [0.2, 0.25) is 0 Å². The summed E-state index contributed by atoms with van der Waals surface area (Å²) in [5.74, 6) is 0.603. The lowest BCUT2D eigenvalue weighted by atomic mass is 10.2. The number of nitrogens with one attached hydrogen (secondary N) is 1. The number of nitrogen functional groups attached to an aromatic ring is 1. The Labute approximate surface area is 91.1 Å². The normalized spacial score (nSPS) is 12.4. The lowest BCUT2D eigenvalue weighted by Gasteiger charge is -2.09. The van der Waals surface area contributed by atoms with Gasteiger partial charge in [0.15, 0.2) is 0 Å². The molecule has 0 saturated carbocycles. The van der Waals surface area contributed by atoms with Gasteiger partial charge in [0.25, 0.3) is 0 Å². The Bertz CT molecular complexity index is 344. The average molecular weight is 233 g/mol. The fourth-order valence-corrected chi connectivity index (χ4v) is 1.58. The molecule has 1 unspecified atom stereocenters. The Morgan fingerprint density at radius 1 is 1.57 bits per heavy atom. The number of anilines is 2. The first kappa shape index (κ1) is 11.3. The average Bonchev–Trinajstić information content (AvgIpc) is 2.12. The van der Waals surface area contributed by atoms with Crippen molar-refractivity contribution in [2.45, 2.75) is 0 Å². The number of hydrogen-bond acceptors (Lipinski definition) is 3. The maximum absolute atomic E-state index is 10.8. The lowest BCUT2D eigenvalue weighted by molar-refractivity contribution is 0.687. The molecule has 0 aromatic heterocycles. The molecule has 14 heavy (non-hydrogen) atoms. The first-order valence-corrected chi connectivity index (χ1v) is 6.29. The van der Waals surface area contributed by atoms with Gasteiger partial charge in [0, 0.05) is 29.4 Å². The zero-order chi connectivity index (χ0) is 10.6. The molecule has 78 valence electrons. The summed E-state index contributed by atoms with van der Waals surface area (Å²) in [5, 5.41) is 3.62. The van der Waals surface area contributed by atoms with Crippen LogP contribution in [0.3, 0.4) is 0 Å². The van der Waals surface area contributed by atoms with Gasteiger partial charge in [-0.15, -0.1) is 0 Å². The lowest BCUT2D eigenvalue weighted by Crippen LogP contribution is -2.11. The molecule has 0 aliphatic rings. The molecule has 0 heterocycles. The highest BCUT2D eigenvalue weighted by atomic mass is 35.5. The smallest absolute Gasteiger partial charge is 0.0739 e. The molecule has 3 nitrogen and oxygen atoms in total. The Hall–Kier alpha value is -0.740. The van der Waals surface area contributed by atoms with Crippen molar-refractivity contribution in [3.05, 3.63) is 23.2 Å². The number of hydrogen-bond donors (Lipinski definition) is 2. The van der Waals surface area contributed by atoms with E-state index in [2.05, 4.69) is 5.32 Å². The molecule has 0 aliphatic heterocycles. The molecular weight excluding hydrogens is 220 g/mol. The zero-order valence-corrected chi connectivity index (χ0v) is 9.49. The third-order valence-electron chi connectivity index (χ3n) is 1.76. The van der Waals surface area contributed by atoms with E-state index in [-0.39, 0.29) is 0 Å². The second-order valence-electron chi connectivity index (χ2n) is 2.91. The molecule has 0 fully saturated rings. The molecule has 5 heteroatoms. The van der Waals surface area contributed by atoms with E-state index in [1.807, 2.05) is 12.1 Å². The monoisotopic (exact) mass is 232 g/mol. The maximum Gasteiger partial charge on any atom is 0.0739 e. The summed E-state index contributed by atoms with van der Waals surface area (Å²) in [7, 11) is -0.787. The van der Waals surface area contributed by atoms with E-state index in [0.717, 1.165) is 5.69 Å². The van der Waals surface area contributed by atoms with E-state index >= 15 is 0 Å². The summed E-state index contributed by atoms with van der Waals surface area (Å²) in [4.78, 5) is 0. The van der Waals surface area contributed by atoms with E-state index in [9.17, 15) is 4.21 Å². The van der Waals surface area contributed by atoms with Crippen LogP contribution in [0.15, 0.2) is 18.2 Å². The molecule has 1 aromatic rings. The predicted octanol–water partition coefficient (Wildman–Crippen LogP) is 1.71. The Morgan fingerprint density at radius 3 is 2.93 bits per heavy atom. The predicted molar refractivity (Wildman–Crippen MR) is 63.3 cm³/mol. The van der Waals surface area contributed by atoms with Crippen molar-refractivity contribution >= 4 is 33.8 Å². The SMILES string of the molecule is CS(=O)CCNc1cccc(Cl)c1N. The summed E-state index contributed by atoms with van der Waals surface area (Å²) in [6, 6.07) is 5.41. The molecule has 1 rings (SSSR count). The van der Waals surface area contributed by atoms with Gasteiger partial charge in [0.05, 0.1) is 16.4 Å². The van der Waals surface area contributed by atoms with E-state index in [1.54, 1.807) is 12.3 Å². The van der Waals surface area contributed by atoms with Gasteiger partial charge in [-0.05, 0) is 12.1 Å². The molecule has 1 atom stereocenters. The van der Waals surface area contributed by atoms with Crippen LogP contribution in [-0.4, -0.2) is 22.8 Å². The van der Waals surface area contributed by atoms with Crippen LogP contribution in [0.2, 0.25) is 5.02 Å². The third kappa shape index (κ3) is 3.20. The number of nitrogens with two attached hydrogens (primary N) is 1. The van der Waals surface area contributed by atoms with Gasteiger partial charge >= 0.3 is 0 Å². The van der Waals surface area contributed by atoms with Gasteiger partial charge in [-0.3, -0.25) is 4.21 Å². The van der Waals surface area contributed by atoms with E-state index in [0.29, 0.717) is 23.0 Å². The first-order chi connectivity index (χ1) is 6.61. The van der Waals surface area contributed by atoms with Gasteiger partial charge in [-0.2, -0.15) is 0 Å². The highest BCUT2D eigenvalue weighted by Crippen LogP contribution is 2.26. The number of para-hydroxylation sites is 1. The summed E-state index contributed by atoms with van der Waals surface area (Å²) in [5.41, 5.74) is 7.06. The van der Waals surface area contributed by atoms with Crippen LogP contribution in [0.25, 0.3) is 0 Å². The first-order valence-electron chi connectivity index (χ1n) is 4.19. The highest BCUT2D eigenvalue weighted by Gasteiger charge is 2.01. The van der Waals surface area contributed by atoms with Crippen molar-refractivity contribution in [2.75, 3.05) is 29.6 Å². The second kappa shape index (κ2) is 5.22. The van der Waals surface area contributed by atoms with Crippen LogP contribution in [-0.2, 0) is 10.8 Å². The maximum atomic E-state index is 10.8. The molecule has 0 radical (unpaired) electrons. The van der Waals surface area contributed by atoms with Gasteiger partial charge < -0.3 is 11.1 Å². The van der Waals surface area contributed by atoms with Crippen molar-refractivity contribution in [1.82, 2.24) is 0 Å². The Kier molecular flexibility index (Phi) is 4.22. The van der Waals surface area contributed by atoms with Crippen LogP contribution in [0.5, 0.6) is 0 Å². The molecule has 0 saturated heterocycles. The number of rotatable bonds is 4. The fraction of sp³-hybridized carbons (Fsp3) is 0.333. The van der Waals surface area contributed by atoms with Crippen molar-refractivity contribution in [1.29, 1.82) is 0 Å². The zero-order valence-electron chi connectivity index (χ0n) is 7.92. The van der Waals surface area contributed by atoms with E-state index < -0.39 is 10.8 Å². The molecule has 0 bridgehead atoms. The molecule has 1 aromatic carbocycles.